The average Bonchev–Trinajstić information content (AvgIpc) is 3.20. The normalized spacial score (nSPS) is 14.5. The van der Waals surface area contributed by atoms with Crippen LogP contribution in [0.4, 0.5) is 5.69 Å². The number of fused-ring (bicyclic) bond motifs is 1. The summed E-state index contributed by atoms with van der Waals surface area (Å²) in [6.07, 6.45) is 4.60. The van der Waals surface area contributed by atoms with Crippen molar-refractivity contribution in [1.82, 2.24) is 18.9 Å². The highest BCUT2D eigenvalue weighted by atomic mass is 32.2. The molecular weight excluding hydrogens is 554 g/mol. The van der Waals surface area contributed by atoms with Crippen molar-refractivity contribution < 1.29 is 22.7 Å². The molecule has 1 N–H and O–H groups in total. The highest BCUT2D eigenvalue weighted by Crippen LogP contribution is 2.33. The molecule has 3 heterocycles. The first-order chi connectivity index (χ1) is 20.2. The lowest BCUT2D eigenvalue weighted by atomic mass is 10.1. The van der Waals surface area contributed by atoms with Crippen LogP contribution in [-0.4, -0.2) is 60.5 Å². The van der Waals surface area contributed by atoms with Crippen LogP contribution >= 0.6 is 0 Å². The van der Waals surface area contributed by atoms with Crippen molar-refractivity contribution in [3.05, 3.63) is 65.5 Å². The minimum atomic E-state index is -3.53. The second kappa shape index (κ2) is 12.5. The molecule has 1 amide bonds. The van der Waals surface area contributed by atoms with Gasteiger partial charge in [0.2, 0.25) is 15.9 Å². The van der Waals surface area contributed by atoms with Crippen molar-refractivity contribution in [1.29, 1.82) is 0 Å². The molecule has 2 aromatic heterocycles. The molecule has 5 rings (SSSR count). The molecule has 1 saturated heterocycles. The van der Waals surface area contributed by atoms with Gasteiger partial charge in [0, 0.05) is 54.3 Å². The lowest BCUT2D eigenvalue weighted by Crippen LogP contribution is -2.31. The highest BCUT2D eigenvalue weighted by molar-refractivity contribution is 7.89. The molecule has 1 aliphatic heterocycles. The number of ether oxygens (including phenoxy) is 2. The van der Waals surface area contributed by atoms with Gasteiger partial charge in [0.15, 0.2) is 5.65 Å². The van der Waals surface area contributed by atoms with Gasteiger partial charge in [-0.1, -0.05) is 12.8 Å². The summed E-state index contributed by atoms with van der Waals surface area (Å²) >= 11 is 0. The van der Waals surface area contributed by atoms with Gasteiger partial charge in [0.05, 0.1) is 24.8 Å². The van der Waals surface area contributed by atoms with Gasteiger partial charge in [-0.25, -0.2) is 17.9 Å². The first-order valence-corrected chi connectivity index (χ1v) is 15.6. The molecule has 222 valence electrons. The number of anilines is 1. The van der Waals surface area contributed by atoms with Gasteiger partial charge in [-0.3, -0.25) is 4.79 Å². The molecule has 0 saturated carbocycles. The van der Waals surface area contributed by atoms with Crippen LogP contribution in [0.3, 0.4) is 0 Å². The minimum Gasteiger partial charge on any atom is -0.497 e. The van der Waals surface area contributed by atoms with E-state index in [9.17, 15) is 13.2 Å². The molecule has 0 atom stereocenters. The van der Waals surface area contributed by atoms with Crippen LogP contribution in [0.2, 0.25) is 0 Å². The van der Waals surface area contributed by atoms with E-state index in [0.717, 1.165) is 53.9 Å². The van der Waals surface area contributed by atoms with Gasteiger partial charge >= 0.3 is 0 Å². The number of nitrogens with one attached hydrogen (secondary N) is 1. The molecule has 0 aliphatic carbocycles. The van der Waals surface area contributed by atoms with Crippen molar-refractivity contribution in [2.75, 3.05) is 32.6 Å². The predicted molar refractivity (Wildman–Crippen MR) is 162 cm³/mol. The van der Waals surface area contributed by atoms with E-state index in [-0.39, 0.29) is 17.2 Å². The third-order valence-corrected chi connectivity index (χ3v) is 9.70. The summed E-state index contributed by atoms with van der Waals surface area (Å²) in [6.45, 7) is 5.01. The molecule has 11 heteroatoms. The van der Waals surface area contributed by atoms with Crippen molar-refractivity contribution in [3.8, 4) is 22.8 Å². The number of aromatic nitrogens is 3. The SMILES string of the molecule is COc1ccc(-c2cc3nc(C)c(CCC(=O)Nc4ccc(S(=O)(=O)N5CCCCCC5)cc4)c(C)n3n2)c(OC)c1. The number of amides is 1. The average molecular weight is 592 g/mol. The number of nitrogens with zero attached hydrogens (tertiary/aromatic N) is 4. The van der Waals surface area contributed by atoms with E-state index in [1.807, 2.05) is 38.1 Å². The quantitative estimate of drug-likeness (QED) is 0.286. The van der Waals surface area contributed by atoms with Crippen LogP contribution in [-0.2, 0) is 21.2 Å². The van der Waals surface area contributed by atoms with E-state index in [0.29, 0.717) is 42.3 Å². The second-order valence-electron chi connectivity index (χ2n) is 10.5. The van der Waals surface area contributed by atoms with Crippen molar-refractivity contribution >= 4 is 27.3 Å². The summed E-state index contributed by atoms with van der Waals surface area (Å²) < 4.78 is 40.3. The summed E-state index contributed by atoms with van der Waals surface area (Å²) in [5.74, 6) is 1.18. The smallest absolute Gasteiger partial charge is 0.243 e. The fourth-order valence-corrected chi connectivity index (χ4v) is 6.95. The number of benzene rings is 2. The summed E-state index contributed by atoms with van der Waals surface area (Å²) in [7, 11) is -0.317. The van der Waals surface area contributed by atoms with E-state index in [1.54, 1.807) is 47.3 Å². The zero-order valence-corrected chi connectivity index (χ0v) is 25.3. The van der Waals surface area contributed by atoms with Gasteiger partial charge in [-0.15, -0.1) is 0 Å². The summed E-state index contributed by atoms with van der Waals surface area (Å²) in [4.78, 5) is 17.8. The molecule has 4 aromatic rings. The topological polar surface area (TPSA) is 115 Å². The molecule has 10 nitrogen and oxygen atoms in total. The molecule has 2 aromatic carbocycles. The fraction of sp³-hybridized carbons (Fsp3) is 0.387. The standard InChI is InChI=1S/C31H37N5O5S/c1-21-26(22(2)36-30(32-21)20-28(34-36)27-14-11-24(40-3)19-29(27)41-4)15-16-31(37)33-23-9-12-25(13-10-23)42(38,39)35-17-7-5-6-8-18-35/h9-14,19-20H,5-8,15-18H2,1-4H3,(H,33,37). The van der Waals surface area contributed by atoms with Gasteiger partial charge in [0.25, 0.3) is 0 Å². The zero-order valence-electron chi connectivity index (χ0n) is 24.5. The maximum absolute atomic E-state index is 13.0. The minimum absolute atomic E-state index is 0.166. The number of rotatable bonds is 9. The predicted octanol–water partition coefficient (Wildman–Crippen LogP) is 5.17. The Bertz CT molecular complexity index is 1690. The van der Waals surface area contributed by atoms with Crippen molar-refractivity contribution in [2.45, 2.75) is 57.3 Å². The highest BCUT2D eigenvalue weighted by Gasteiger charge is 2.25. The third kappa shape index (κ3) is 6.12. The number of carbonyl (C=O) groups excluding carboxylic acids is 1. The molecular formula is C31H37N5O5S. The van der Waals surface area contributed by atoms with E-state index in [4.69, 9.17) is 19.6 Å². The van der Waals surface area contributed by atoms with Gasteiger partial charge in [-0.05, 0) is 75.1 Å². The van der Waals surface area contributed by atoms with Crippen molar-refractivity contribution in [3.63, 3.8) is 0 Å². The Hall–Kier alpha value is -3.96. The Labute approximate surface area is 246 Å². The molecule has 42 heavy (non-hydrogen) atoms. The number of carbonyl (C=O) groups is 1. The maximum Gasteiger partial charge on any atom is 0.243 e. The van der Waals surface area contributed by atoms with Gasteiger partial charge < -0.3 is 14.8 Å². The molecule has 1 aliphatic rings. The number of sulfonamides is 1. The zero-order chi connectivity index (χ0) is 29.9. The Morgan fingerprint density at radius 3 is 2.33 bits per heavy atom. The second-order valence-corrected chi connectivity index (χ2v) is 12.5. The van der Waals surface area contributed by atoms with E-state index >= 15 is 0 Å². The molecule has 1 fully saturated rings. The summed E-state index contributed by atoms with van der Waals surface area (Å²) in [5.41, 5.74) is 5.51. The molecule has 0 radical (unpaired) electrons. The number of hydrogen-bond donors (Lipinski definition) is 1. The van der Waals surface area contributed by atoms with Gasteiger partial charge in [-0.2, -0.15) is 9.40 Å². The van der Waals surface area contributed by atoms with E-state index in [2.05, 4.69) is 5.32 Å². The lowest BCUT2D eigenvalue weighted by molar-refractivity contribution is -0.116. The fourth-order valence-electron chi connectivity index (χ4n) is 5.43. The molecule has 0 unspecified atom stereocenters. The van der Waals surface area contributed by atoms with Crippen LogP contribution < -0.4 is 14.8 Å². The molecule has 0 bridgehead atoms. The Balaban J connectivity index is 1.27. The summed E-state index contributed by atoms with van der Waals surface area (Å²) in [5, 5.41) is 7.68. The first kappa shape index (κ1) is 29.5. The largest absolute Gasteiger partial charge is 0.497 e. The number of hydrogen-bond acceptors (Lipinski definition) is 7. The lowest BCUT2D eigenvalue weighted by Gasteiger charge is -2.20. The van der Waals surface area contributed by atoms with Crippen LogP contribution in [0.5, 0.6) is 11.5 Å². The summed E-state index contributed by atoms with van der Waals surface area (Å²) in [6, 6.07) is 13.9. The van der Waals surface area contributed by atoms with E-state index < -0.39 is 10.0 Å². The first-order valence-electron chi connectivity index (χ1n) is 14.2. The Kier molecular flexibility index (Phi) is 8.79. The number of aryl methyl sites for hydroxylation is 2. The number of methoxy groups -OCH3 is 2. The monoisotopic (exact) mass is 591 g/mol. The van der Waals surface area contributed by atoms with Crippen molar-refractivity contribution in [2.24, 2.45) is 0 Å². The van der Waals surface area contributed by atoms with Crippen LogP contribution in [0.15, 0.2) is 53.4 Å². The third-order valence-electron chi connectivity index (χ3n) is 7.79. The van der Waals surface area contributed by atoms with Crippen LogP contribution in [0.25, 0.3) is 16.9 Å². The Morgan fingerprint density at radius 2 is 1.67 bits per heavy atom. The van der Waals surface area contributed by atoms with Crippen LogP contribution in [0.1, 0.15) is 49.1 Å². The van der Waals surface area contributed by atoms with E-state index in [1.165, 1.54) is 0 Å². The Morgan fingerprint density at radius 1 is 0.952 bits per heavy atom. The maximum atomic E-state index is 13.0. The molecule has 0 spiro atoms. The van der Waals surface area contributed by atoms with Gasteiger partial charge in [0.1, 0.15) is 11.5 Å². The van der Waals surface area contributed by atoms with Crippen LogP contribution in [0, 0.1) is 13.8 Å².